The van der Waals surface area contributed by atoms with Gasteiger partial charge in [-0.1, -0.05) is 95.1 Å². The summed E-state index contributed by atoms with van der Waals surface area (Å²) in [5, 5.41) is 17.0. The van der Waals surface area contributed by atoms with Crippen molar-refractivity contribution in [2.45, 2.75) is 110 Å². The number of hydrogen-bond donors (Lipinski definition) is 5. The predicted molar refractivity (Wildman–Crippen MR) is 210 cm³/mol. The van der Waals surface area contributed by atoms with Gasteiger partial charge < -0.3 is 31.1 Å². The summed E-state index contributed by atoms with van der Waals surface area (Å²) >= 11 is 18.0. The average molecular weight is 823 g/mol. The summed E-state index contributed by atoms with van der Waals surface area (Å²) < 4.78 is 18.9. The Balaban J connectivity index is 0.000000379. The first-order valence-electron chi connectivity index (χ1n) is 18.3. The molecule has 1 fully saturated rings. The molecule has 1 saturated carbocycles. The number of imidazole rings is 1. The van der Waals surface area contributed by atoms with Crippen LogP contribution in [0.5, 0.6) is 5.75 Å². The second-order valence-electron chi connectivity index (χ2n) is 13.8. The molecule has 17 heteroatoms. The topological polar surface area (TPSA) is 189 Å². The van der Waals surface area contributed by atoms with E-state index in [0.29, 0.717) is 40.3 Å². The zero-order valence-electron chi connectivity index (χ0n) is 31.3. The zero-order chi connectivity index (χ0) is 39.7. The molecular weight excluding hydrogens is 766 g/mol. The van der Waals surface area contributed by atoms with E-state index in [1.54, 1.807) is 29.4 Å². The van der Waals surface area contributed by atoms with Crippen LogP contribution in [-0.4, -0.2) is 92.4 Å². The normalized spacial score (nSPS) is 16.3. The van der Waals surface area contributed by atoms with Crippen LogP contribution < -0.4 is 21.1 Å². The van der Waals surface area contributed by atoms with E-state index in [1.807, 2.05) is 34.6 Å². The highest BCUT2D eigenvalue weighted by Crippen LogP contribution is 2.40. The van der Waals surface area contributed by atoms with E-state index < -0.39 is 31.9 Å². The molecule has 0 aliphatic heterocycles. The molecule has 0 saturated heterocycles. The van der Waals surface area contributed by atoms with Crippen LogP contribution in [-0.2, 0) is 14.2 Å². The highest BCUT2D eigenvalue weighted by atomic mass is 35.5. The van der Waals surface area contributed by atoms with Crippen molar-refractivity contribution in [2.75, 3.05) is 26.2 Å². The Bertz CT molecular complexity index is 1430. The summed E-state index contributed by atoms with van der Waals surface area (Å²) in [6.07, 6.45) is 10.5. The molecule has 1 aromatic carbocycles. The number of hydrogen-bond acceptors (Lipinski definition) is 8. The number of nitrogens with two attached hydrogens (primary N) is 1. The molecule has 0 spiro atoms. The minimum atomic E-state index is -2.39. The van der Waals surface area contributed by atoms with Gasteiger partial charge in [0.25, 0.3) is 0 Å². The maximum atomic E-state index is 12.7. The molecule has 1 aromatic heterocycles. The third-order valence-corrected chi connectivity index (χ3v) is 11.4. The first-order valence-corrected chi connectivity index (χ1v) is 20.7. The van der Waals surface area contributed by atoms with Crippen molar-refractivity contribution in [2.24, 2.45) is 23.5 Å². The molecule has 298 valence electrons. The molecule has 0 radical (unpaired) electrons. The first kappa shape index (κ1) is 46.6. The molecule has 6 N–H and O–H groups in total. The molecular formula is C36H57Cl3N6O7P+. The van der Waals surface area contributed by atoms with Crippen LogP contribution >= 0.6 is 42.8 Å². The van der Waals surface area contributed by atoms with Gasteiger partial charge in [0, 0.05) is 42.8 Å². The lowest BCUT2D eigenvalue weighted by molar-refractivity contribution is -0.131. The first-order chi connectivity index (χ1) is 25.1. The Labute approximate surface area is 329 Å². The lowest BCUT2D eigenvalue weighted by Crippen LogP contribution is -2.55. The summed E-state index contributed by atoms with van der Waals surface area (Å²) in [5.41, 5.74) is 5.43. The molecule has 3 rings (SSSR count). The highest BCUT2D eigenvalue weighted by molar-refractivity contribution is 7.38. The number of carbonyl (C=O) groups excluding carboxylic acids is 3. The Morgan fingerprint density at radius 1 is 1.08 bits per heavy atom. The molecule has 1 aliphatic rings. The fourth-order valence-corrected chi connectivity index (χ4v) is 7.97. The third kappa shape index (κ3) is 15.6. The van der Waals surface area contributed by atoms with E-state index >= 15 is 0 Å². The number of ether oxygens (including phenoxy) is 1. The van der Waals surface area contributed by atoms with Gasteiger partial charge in [0.05, 0.1) is 28.7 Å². The van der Waals surface area contributed by atoms with Crippen molar-refractivity contribution in [3.05, 3.63) is 45.9 Å². The van der Waals surface area contributed by atoms with Crippen LogP contribution in [0.3, 0.4) is 0 Å². The van der Waals surface area contributed by atoms with E-state index in [1.165, 1.54) is 10.9 Å². The number of amides is 3. The van der Waals surface area contributed by atoms with Gasteiger partial charge in [-0.15, -0.1) is 0 Å². The number of halogens is 3. The summed E-state index contributed by atoms with van der Waals surface area (Å²) in [6.45, 7) is 10.7. The number of aromatic nitrogens is 2. The van der Waals surface area contributed by atoms with Gasteiger partial charge in [0.2, 0.25) is 11.8 Å². The van der Waals surface area contributed by atoms with E-state index in [9.17, 15) is 28.9 Å². The predicted octanol–water partition coefficient (Wildman–Crippen LogP) is 6.65. The van der Waals surface area contributed by atoms with Crippen molar-refractivity contribution in [1.29, 1.82) is 0 Å². The fourth-order valence-electron chi connectivity index (χ4n) is 5.96. The van der Waals surface area contributed by atoms with E-state index in [2.05, 4.69) is 15.6 Å². The minimum absolute atomic E-state index is 0.0235. The number of nitrogens with one attached hydrogen (secondary N) is 2. The third-order valence-electron chi connectivity index (χ3n) is 9.38. The van der Waals surface area contributed by atoms with Crippen molar-refractivity contribution < 1.29 is 33.7 Å². The number of rotatable bonds is 18. The Morgan fingerprint density at radius 2 is 1.72 bits per heavy atom. The molecule has 13 nitrogen and oxygen atoms in total. The van der Waals surface area contributed by atoms with E-state index in [-0.39, 0.29) is 55.2 Å². The number of carbonyl (C=O) groups is 3. The lowest BCUT2D eigenvalue weighted by Gasteiger charge is -2.27. The van der Waals surface area contributed by atoms with Gasteiger partial charge in [-0.2, -0.15) is 4.89 Å². The molecule has 3 amide bonds. The maximum absolute atomic E-state index is 12.7. The quantitative estimate of drug-likeness (QED) is 0.103. The van der Waals surface area contributed by atoms with Crippen LogP contribution in [0.2, 0.25) is 15.1 Å². The van der Waals surface area contributed by atoms with Crippen LogP contribution in [0.4, 0.5) is 4.79 Å². The minimum Gasteiger partial charge on any atom is -0.489 e. The number of aliphatic hydroxyl groups excluding tert-OH is 1. The van der Waals surface area contributed by atoms with Crippen LogP contribution in [0.1, 0.15) is 86.0 Å². The van der Waals surface area contributed by atoms with Gasteiger partial charge in [0.1, 0.15) is 19.0 Å². The second-order valence-corrected chi connectivity index (χ2v) is 16.4. The summed E-state index contributed by atoms with van der Waals surface area (Å²) in [5.74, 6) is -0.403. The van der Waals surface area contributed by atoms with Crippen LogP contribution in [0, 0.1) is 17.8 Å². The van der Waals surface area contributed by atoms with Crippen molar-refractivity contribution in [3.8, 4) is 5.75 Å². The Hall–Kier alpha value is -2.51. The highest BCUT2D eigenvalue weighted by Gasteiger charge is 2.39. The summed E-state index contributed by atoms with van der Waals surface area (Å²) in [7, 11) is -2.39. The maximum Gasteiger partial charge on any atom is 0.509 e. The molecule has 0 bridgehead atoms. The monoisotopic (exact) mass is 821 g/mol. The number of aliphatic hydroxyl groups is 1. The SMILES string of the molecule is CCC(C)C(NC(=O)[C@@H](N)C(C)C)C(=O)NC[C@H](O)CC(C1CCCCC1)[P+](=O)O.CCCN(CCOc1c(Cl)cc(Cl)cc1Cl)C(=O)n1ccnc1. The van der Waals surface area contributed by atoms with Crippen molar-refractivity contribution >= 4 is 60.7 Å². The second kappa shape index (κ2) is 24.1. The number of benzene rings is 1. The van der Waals surface area contributed by atoms with Gasteiger partial charge in [0.15, 0.2) is 11.4 Å². The summed E-state index contributed by atoms with van der Waals surface area (Å²) in [4.78, 5) is 52.7. The van der Waals surface area contributed by atoms with Crippen molar-refractivity contribution in [3.63, 3.8) is 0 Å². The largest absolute Gasteiger partial charge is 0.509 e. The van der Waals surface area contributed by atoms with Crippen LogP contribution in [0.15, 0.2) is 30.9 Å². The Morgan fingerprint density at radius 3 is 2.25 bits per heavy atom. The average Bonchev–Trinajstić information content (AvgIpc) is 3.67. The molecule has 6 atom stereocenters. The molecule has 53 heavy (non-hydrogen) atoms. The number of nitrogens with zero attached hydrogens (tertiary/aromatic N) is 3. The van der Waals surface area contributed by atoms with E-state index in [0.717, 1.165) is 38.5 Å². The fraction of sp³-hybridized carbons (Fsp3) is 0.667. The van der Waals surface area contributed by atoms with Gasteiger partial charge in [-0.05, 0) is 47.8 Å². The van der Waals surface area contributed by atoms with Crippen LogP contribution in [0.25, 0.3) is 0 Å². The van der Waals surface area contributed by atoms with E-state index in [4.69, 9.17) is 45.3 Å². The van der Waals surface area contributed by atoms with Gasteiger partial charge >= 0.3 is 14.1 Å². The summed E-state index contributed by atoms with van der Waals surface area (Å²) in [6, 6.07) is 1.52. The lowest BCUT2D eigenvalue weighted by atomic mass is 9.85. The van der Waals surface area contributed by atoms with Gasteiger partial charge in [-0.3, -0.25) is 14.2 Å². The molecule has 2 aromatic rings. The standard InChI is InChI=1S/C21H40N3O5P.C15H16Cl3N3O2/c1-5-14(4)19(24-20(26)18(22)13(2)3)21(27)23-12-16(25)11-17(30(28)29)15-9-7-6-8-10-15;1-2-4-20(15(22)21-5-3-19-10-21)6-7-23-14-12(17)8-11(16)9-13(14)18/h13-19,25H,5-12,22H2,1-4H3,(H2-,23,24,26,27,28,29);3,5,8-10H,2,4,6-7H2,1H3/p+1/t14?,16-,17?,18+,19?;/m1./s1. The van der Waals surface area contributed by atoms with Gasteiger partial charge in [-0.25, -0.2) is 9.78 Å². The Kier molecular flexibility index (Phi) is 21.2. The van der Waals surface area contributed by atoms with Crippen molar-refractivity contribution in [1.82, 2.24) is 25.1 Å². The molecule has 4 unspecified atom stereocenters. The smallest absolute Gasteiger partial charge is 0.489 e. The zero-order valence-corrected chi connectivity index (χ0v) is 34.5. The molecule has 1 aliphatic carbocycles. The molecule has 1 heterocycles.